The molecule has 1 N–H and O–H groups in total. The molecule has 1 fully saturated rings. The molecule has 2 rings (SSSR count). The summed E-state index contributed by atoms with van der Waals surface area (Å²) in [6.45, 7) is 11.1. The van der Waals surface area contributed by atoms with Crippen molar-refractivity contribution in [3.8, 4) is 0 Å². The van der Waals surface area contributed by atoms with Gasteiger partial charge in [0.05, 0.1) is 5.75 Å². The van der Waals surface area contributed by atoms with Gasteiger partial charge < -0.3 is 15.1 Å². The van der Waals surface area contributed by atoms with E-state index in [-0.39, 0.29) is 23.6 Å². The minimum absolute atomic E-state index is 0.0392. The second-order valence-electron chi connectivity index (χ2n) is 8.16. The number of carbonyl (C=O) groups excluding carboxylic acids is 2. The molecule has 0 spiro atoms. The number of piperazine rings is 1. The first-order valence-corrected chi connectivity index (χ1v) is 12.1. The Morgan fingerprint density at radius 1 is 1.30 bits per heavy atom. The number of carbonyl (C=O) groups is 2. The van der Waals surface area contributed by atoms with E-state index in [2.05, 4.69) is 47.9 Å². The van der Waals surface area contributed by atoms with Crippen LogP contribution in [0.25, 0.3) is 0 Å². The number of nitrogens with one attached hydrogen (secondary N) is 1. The van der Waals surface area contributed by atoms with E-state index in [9.17, 15) is 9.59 Å². The molecular weight excluding hydrogens is 422 g/mol. The summed E-state index contributed by atoms with van der Waals surface area (Å²) in [6.07, 6.45) is 3.78. The molecule has 1 unspecified atom stereocenters. The second-order valence-corrected chi connectivity index (χ2v) is 9.49. The average Bonchev–Trinajstić information content (AvgIpc) is 2.70. The van der Waals surface area contributed by atoms with E-state index in [1.165, 1.54) is 11.8 Å². The van der Waals surface area contributed by atoms with Crippen LogP contribution in [0.4, 0.5) is 5.82 Å². The lowest BCUT2D eigenvalue weighted by atomic mass is 10.1. The molecule has 7 nitrogen and oxygen atoms in total. The normalized spacial score (nSPS) is 16.8. The van der Waals surface area contributed by atoms with Crippen molar-refractivity contribution in [3.63, 3.8) is 0 Å². The van der Waals surface area contributed by atoms with Gasteiger partial charge >= 0.3 is 0 Å². The zero-order valence-corrected chi connectivity index (χ0v) is 20.1. The van der Waals surface area contributed by atoms with Gasteiger partial charge in [0.15, 0.2) is 5.16 Å². The van der Waals surface area contributed by atoms with Crippen LogP contribution in [0, 0.1) is 5.92 Å². The monoisotopic (exact) mass is 455 g/mol. The first kappa shape index (κ1) is 24.7. The second kappa shape index (κ2) is 12.3. The van der Waals surface area contributed by atoms with E-state index in [0.29, 0.717) is 48.8 Å². The van der Waals surface area contributed by atoms with Gasteiger partial charge in [-0.05, 0) is 19.3 Å². The molecule has 1 aromatic heterocycles. The predicted octanol–water partition coefficient (Wildman–Crippen LogP) is 3.61. The van der Waals surface area contributed by atoms with Crippen LogP contribution >= 0.6 is 23.4 Å². The van der Waals surface area contributed by atoms with Gasteiger partial charge in [-0.2, -0.15) is 0 Å². The van der Waals surface area contributed by atoms with Crippen LogP contribution in [0.15, 0.2) is 11.2 Å². The van der Waals surface area contributed by atoms with Crippen LogP contribution in [0.5, 0.6) is 0 Å². The summed E-state index contributed by atoms with van der Waals surface area (Å²) in [5.74, 6) is 1.60. The third kappa shape index (κ3) is 7.95. The van der Waals surface area contributed by atoms with Gasteiger partial charge in [0, 0.05) is 44.7 Å². The third-order valence-electron chi connectivity index (χ3n) is 4.97. The molecule has 0 saturated carbocycles. The van der Waals surface area contributed by atoms with Crippen molar-refractivity contribution in [3.05, 3.63) is 11.2 Å². The highest BCUT2D eigenvalue weighted by Gasteiger charge is 2.28. The number of aromatic nitrogens is 2. The number of nitrogens with zero attached hydrogens (tertiary/aromatic N) is 4. The first-order chi connectivity index (χ1) is 14.3. The first-order valence-electron chi connectivity index (χ1n) is 10.8. The maximum absolute atomic E-state index is 12.5. The molecule has 9 heteroatoms. The van der Waals surface area contributed by atoms with E-state index in [1.807, 2.05) is 4.90 Å². The van der Waals surface area contributed by atoms with Gasteiger partial charge in [0.25, 0.3) is 0 Å². The molecule has 1 aromatic rings. The van der Waals surface area contributed by atoms with Crippen LogP contribution in [0.1, 0.15) is 53.4 Å². The molecule has 168 valence electrons. The maximum atomic E-state index is 12.5. The molecule has 30 heavy (non-hydrogen) atoms. The molecule has 0 radical (unpaired) electrons. The number of halogens is 1. The minimum Gasteiger partial charge on any atom is -0.355 e. The molecule has 0 aliphatic carbocycles. The SMILES string of the molecule is CCCCCC(=O)N1CCN(c2cc(Cl)nc(SCC(=O)NCC(C)C)n2)CC1C. The molecule has 1 aliphatic heterocycles. The molecule has 0 aromatic carbocycles. The lowest BCUT2D eigenvalue weighted by Crippen LogP contribution is -2.54. The van der Waals surface area contributed by atoms with Crippen molar-refractivity contribution < 1.29 is 9.59 Å². The Balaban J connectivity index is 1.93. The molecule has 2 heterocycles. The largest absolute Gasteiger partial charge is 0.355 e. The minimum atomic E-state index is -0.0392. The summed E-state index contributed by atoms with van der Waals surface area (Å²) in [6, 6.07) is 1.86. The molecular formula is C21H34ClN5O2S. The summed E-state index contributed by atoms with van der Waals surface area (Å²) >= 11 is 7.50. The van der Waals surface area contributed by atoms with Gasteiger partial charge in [-0.15, -0.1) is 0 Å². The Hall–Kier alpha value is -1.54. The van der Waals surface area contributed by atoms with Crippen molar-refractivity contribution in [1.29, 1.82) is 0 Å². The standard InChI is InChI=1S/C21H34ClN5O2S/c1-5-6-7-8-20(29)27-10-9-26(13-16(27)4)18-11-17(22)24-21(25-18)30-14-19(28)23-12-15(2)3/h11,15-16H,5-10,12-14H2,1-4H3,(H,23,28). The van der Waals surface area contributed by atoms with Crippen LogP contribution in [0.3, 0.4) is 0 Å². The van der Waals surface area contributed by atoms with Gasteiger partial charge in [0.2, 0.25) is 11.8 Å². The van der Waals surface area contributed by atoms with Crippen molar-refractivity contribution in [2.75, 3.05) is 36.8 Å². The number of hydrogen-bond acceptors (Lipinski definition) is 6. The number of rotatable bonds is 10. The highest BCUT2D eigenvalue weighted by molar-refractivity contribution is 7.99. The number of thioether (sulfide) groups is 1. The highest BCUT2D eigenvalue weighted by Crippen LogP contribution is 2.24. The van der Waals surface area contributed by atoms with Crippen molar-refractivity contribution in [2.24, 2.45) is 5.92 Å². The predicted molar refractivity (Wildman–Crippen MR) is 123 cm³/mol. The Kier molecular flexibility index (Phi) is 10.2. The average molecular weight is 456 g/mol. The van der Waals surface area contributed by atoms with Crippen LogP contribution in [0.2, 0.25) is 5.15 Å². The molecule has 0 bridgehead atoms. The van der Waals surface area contributed by atoms with Gasteiger partial charge in [0.1, 0.15) is 11.0 Å². The zero-order chi connectivity index (χ0) is 22.1. The number of anilines is 1. The quantitative estimate of drug-likeness (QED) is 0.251. The van der Waals surface area contributed by atoms with E-state index in [1.54, 1.807) is 6.07 Å². The van der Waals surface area contributed by atoms with Crippen molar-refractivity contribution >= 4 is 41.0 Å². The Labute approximate surface area is 189 Å². The number of hydrogen-bond donors (Lipinski definition) is 1. The summed E-state index contributed by atoms with van der Waals surface area (Å²) < 4.78 is 0. The van der Waals surface area contributed by atoms with Crippen LogP contribution in [-0.4, -0.2) is 64.7 Å². The molecule has 1 aliphatic rings. The van der Waals surface area contributed by atoms with Gasteiger partial charge in [-0.25, -0.2) is 9.97 Å². The Bertz CT molecular complexity index is 719. The van der Waals surface area contributed by atoms with Crippen LogP contribution in [-0.2, 0) is 9.59 Å². The van der Waals surface area contributed by atoms with Gasteiger partial charge in [-0.1, -0.05) is 57.0 Å². The Morgan fingerprint density at radius 2 is 2.07 bits per heavy atom. The number of unbranched alkanes of at least 4 members (excludes halogenated alkanes) is 2. The van der Waals surface area contributed by atoms with Crippen molar-refractivity contribution in [1.82, 2.24) is 20.2 Å². The van der Waals surface area contributed by atoms with Crippen molar-refractivity contribution in [2.45, 2.75) is 64.6 Å². The summed E-state index contributed by atoms with van der Waals surface area (Å²) in [5, 5.41) is 3.73. The summed E-state index contributed by atoms with van der Waals surface area (Å²) in [7, 11) is 0. The van der Waals surface area contributed by atoms with E-state index in [4.69, 9.17) is 11.6 Å². The smallest absolute Gasteiger partial charge is 0.230 e. The highest BCUT2D eigenvalue weighted by atomic mass is 35.5. The van der Waals surface area contributed by atoms with E-state index >= 15 is 0 Å². The number of amides is 2. The maximum Gasteiger partial charge on any atom is 0.230 e. The van der Waals surface area contributed by atoms with E-state index < -0.39 is 0 Å². The Morgan fingerprint density at radius 3 is 2.73 bits per heavy atom. The lowest BCUT2D eigenvalue weighted by molar-refractivity contribution is -0.133. The molecule has 1 atom stereocenters. The van der Waals surface area contributed by atoms with Crippen LogP contribution < -0.4 is 10.2 Å². The molecule has 2 amide bonds. The lowest BCUT2D eigenvalue weighted by Gasteiger charge is -2.40. The third-order valence-corrected chi connectivity index (χ3v) is 6.01. The fourth-order valence-corrected chi connectivity index (χ4v) is 4.23. The molecule has 1 saturated heterocycles. The fraction of sp³-hybridized carbons (Fsp3) is 0.714. The summed E-state index contributed by atoms with van der Waals surface area (Å²) in [5.41, 5.74) is 0. The topological polar surface area (TPSA) is 78.4 Å². The van der Waals surface area contributed by atoms with E-state index in [0.717, 1.165) is 25.1 Å². The fourth-order valence-electron chi connectivity index (χ4n) is 3.32. The zero-order valence-electron chi connectivity index (χ0n) is 18.5. The summed E-state index contributed by atoms with van der Waals surface area (Å²) in [4.78, 5) is 37.4. The van der Waals surface area contributed by atoms with Gasteiger partial charge in [-0.3, -0.25) is 9.59 Å².